The monoisotopic (exact) mass is 427 g/mol. The molecule has 2 aromatic heterocycles. The maximum absolute atomic E-state index is 12.4. The van der Waals surface area contributed by atoms with E-state index in [0.717, 1.165) is 48.1 Å². The van der Waals surface area contributed by atoms with Gasteiger partial charge in [0.05, 0.1) is 0 Å². The number of benzene rings is 1. The second-order valence-electron chi connectivity index (χ2n) is 7.04. The molecule has 1 N–H and O–H groups in total. The Morgan fingerprint density at radius 2 is 1.90 bits per heavy atom. The Bertz CT molecular complexity index is 965. The van der Waals surface area contributed by atoms with Crippen LogP contribution in [0.5, 0.6) is 0 Å². The van der Waals surface area contributed by atoms with E-state index in [1.54, 1.807) is 5.38 Å². The van der Waals surface area contributed by atoms with Gasteiger partial charge in [0.15, 0.2) is 0 Å². The molecule has 1 aliphatic rings. The van der Waals surface area contributed by atoms with Gasteiger partial charge < -0.3 is 15.1 Å². The lowest BCUT2D eigenvalue weighted by molar-refractivity contribution is 0.0946. The van der Waals surface area contributed by atoms with Crippen LogP contribution >= 0.6 is 22.9 Å². The maximum atomic E-state index is 12.4. The molecular weight excluding hydrogens is 406 g/mol. The highest BCUT2D eigenvalue weighted by molar-refractivity contribution is 7.13. The number of anilines is 1. The average Bonchev–Trinajstić information content (AvgIpc) is 3.24. The van der Waals surface area contributed by atoms with Crippen molar-refractivity contribution in [3.05, 3.63) is 64.3 Å². The van der Waals surface area contributed by atoms with Crippen LogP contribution in [-0.2, 0) is 6.54 Å². The van der Waals surface area contributed by atoms with Crippen molar-refractivity contribution in [2.24, 2.45) is 0 Å². The number of rotatable bonds is 5. The summed E-state index contributed by atoms with van der Waals surface area (Å²) in [5.74, 6) is 0.796. The summed E-state index contributed by atoms with van der Waals surface area (Å²) in [5.41, 5.74) is 2.33. The predicted octanol–water partition coefficient (Wildman–Crippen LogP) is 3.54. The van der Waals surface area contributed by atoms with Crippen molar-refractivity contribution < 1.29 is 4.79 Å². The Morgan fingerprint density at radius 3 is 2.59 bits per heavy atom. The van der Waals surface area contributed by atoms with E-state index in [0.29, 0.717) is 17.3 Å². The number of pyridine rings is 1. The summed E-state index contributed by atoms with van der Waals surface area (Å²) in [6.45, 7) is 4.48. The Labute approximate surface area is 179 Å². The molecule has 0 aliphatic carbocycles. The minimum atomic E-state index is -0.190. The molecule has 0 atom stereocenters. The number of hydrogen-bond acceptors (Lipinski definition) is 6. The van der Waals surface area contributed by atoms with Crippen LogP contribution in [0.4, 0.5) is 5.82 Å². The van der Waals surface area contributed by atoms with Crippen LogP contribution in [-0.4, -0.2) is 54.0 Å². The summed E-state index contributed by atoms with van der Waals surface area (Å²) in [7, 11) is 2.14. The van der Waals surface area contributed by atoms with Gasteiger partial charge in [-0.2, -0.15) is 0 Å². The highest BCUT2D eigenvalue weighted by Gasteiger charge is 2.15. The van der Waals surface area contributed by atoms with Crippen LogP contribution in [0, 0.1) is 0 Å². The number of likely N-dealkylation sites (N-methyl/N-ethyl adjacent to an activating group) is 1. The van der Waals surface area contributed by atoms with Gasteiger partial charge in [-0.05, 0) is 30.8 Å². The number of halogens is 1. The van der Waals surface area contributed by atoms with E-state index in [1.165, 1.54) is 11.3 Å². The van der Waals surface area contributed by atoms with E-state index < -0.39 is 0 Å². The first-order valence-electron chi connectivity index (χ1n) is 9.46. The smallest absolute Gasteiger partial charge is 0.271 e. The Kier molecular flexibility index (Phi) is 6.08. The first kappa shape index (κ1) is 19.8. The number of nitrogens with one attached hydrogen (secondary N) is 1. The van der Waals surface area contributed by atoms with Gasteiger partial charge in [-0.15, -0.1) is 11.3 Å². The number of thiazole rings is 1. The first-order valence-corrected chi connectivity index (χ1v) is 10.7. The Hall–Kier alpha value is -2.48. The zero-order valence-corrected chi connectivity index (χ0v) is 17.7. The molecule has 6 nitrogen and oxygen atoms in total. The maximum Gasteiger partial charge on any atom is 0.271 e. The Morgan fingerprint density at radius 1 is 1.14 bits per heavy atom. The average molecular weight is 428 g/mol. The normalized spacial score (nSPS) is 14.8. The number of aromatic nitrogens is 2. The van der Waals surface area contributed by atoms with Crippen LogP contribution in [0.1, 0.15) is 16.1 Å². The molecule has 0 spiro atoms. The van der Waals surface area contributed by atoms with Gasteiger partial charge in [-0.1, -0.05) is 29.8 Å². The molecule has 1 amide bonds. The van der Waals surface area contributed by atoms with E-state index in [-0.39, 0.29) is 5.91 Å². The minimum absolute atomic E-state index is 0.190. The van der Waals surface area contributed by atoms with E-state index in [9.17, 15) is 4.79 Å². The molecule has 3 heterocycles. The fourth-order valence-corrected chi connectivity index (χ4v) is 4.05. The zero-order chi connectivity index (χ0) is 20.2. The fraction of sp³-hybridized carbons (Fsp3) is 0.286. The van der Waals surface area contributed by atoms with Crippen molar-refractivity contribution >= 4 is 34.7 Å². The third kappa shape index (κ3) is 4.93. The molecule has 1 aliphatic heterocycles. The molecule has 0 radical (unpaired) electrons. The zero-order valence-electron chi connectivity index (χ0n) is 16.1. The third-order valence-corrected chi connectivity index (χ3v) is 6.06. The van der Waals surface area contributed by atoms with Crippen molar-refractivity contribution in [1.82, 2.24) is 20.2 Å². The molecule has 8 heteroatoms. The van der Waals surface area contributed by atoms with E-state index in [2.05, 4.69) is 32.1 Å². The highest BCUT2D eigenvalue weighted by atomic mass is 35.5. The van der Waals surface area contributed by atoms with Crippen LogP contribution in [0.3, 0.4) is 0 Å². The van der Waals surface area contributed by atoms with Gasteiger partial charge in [-0.3, -0.25) is 4.79 Å². The Balaban J connectivity index is 1.33. The van der Waals surface area contributed by atoms with Crippen molar-refractivity contribution in [1.29, 1.82) is 0 Å². The molecule has 0 bridgehead atoms. The summed E-state index contributed by atoms with van der Waals surface area (Å²) in [6.07, 6.45) is 1.83. The molecule has 29 heavy (non-hydrogen) atoms. The molecule has 0 unspecified atom stereocenters. The predicted molar refractivity (Wildman–Crippen MR) is 118 cm³/mol. The number of hydrogen-bond donors (Lipinski definition) is 1. The van der Waals surface area contributed by atoms with E-state index in [4.69, 9.17) is 11.6 Å². The first-order chi connectivity index (χ1) is 14.1. The molecule has 0 saturated carbocycles. The largest absolute Gasteiger partial charge is 0.354 e. The highest BCUT2D eigenvalue weighted by Crippen LogP contribution is 2.25. The molecule has 4 rings (SSSR count). The number of piperazine rings is 1. The van der Waals surface area contributed by atoms with Crippen LogP contribution in [0.25, 0.3) is 10.6 Å². The summed E-state index contributed by atoms with van der Waals surface area (Å²) in [6, 6.07) is 11.5. The van der Waals surface area contributed by atoms with Crippen molar-refractivity contribution in [3.63, 3.8) is 0 Å². The SMILES string of the molecule is CN1CCN(c2ccc(CNC(=O)c3csc(-c4ccc(Cl)cc4)n3)cn2)CC1. The standard InChI is InChI=1S/C21H22ClN5OS/c1-26-8-10-27(11-9-26)19-7-2-15(12-23-19)13-24-20(28)18-14-29-21(25-18)16-3-5-17(22)6-4-16/h2-7,12,14H,8-11,13H2,1H3,(H,24,28). The number of amides is 1. The second kappa shape index (κ2) is 8.90. The lowest BCUT2D eigenvalue weighted by Crippen LogP contribution is -2.44. The van der Waals surface area contributed by atoms with Gasteiger partial charge in [0, 0.05) is 54.9 Å². The summed E-state index contributed by atoms with van der Waals surface area (Å²) in [5, 5.41) is 6.16. The van der Waals surface area contributed by atoms with Crippen LogP contribution < -0.4 is 10.2 Å². The summed E-state index contributed by atoms with van der Waals surface area (Å²) >= 11 is 7.36. The molecule has 3 aromatic rings. The van der Waals surface area contributed by atoms with Crippen LogP contribution in [0.2, 0.25) is 5.02 Å². The number of carbonyl (C=O) groups excluding carboxylic acids is 1. The summed E-state index contributed by atoms with van der Waals surface area (Å²) in [4.78, 5) is 26.0. The number of nitrogens with zero attached hydrogens (tertiary/aromatic N) is 4. The van der Waals surface area contributed by atoms with Crippen molar-refractivity contribution in [3.8, 4) is 10.6 Å². The summed E-state index contributed by atoms with van der Waals surface area (Å²) < 4.78 is 0. The van der Waals surface area contributed by atoms with Gasteiger partial charge in [-0.25, -0.2) is 9.97 Å². The minimum Gasteiger partial charge on any atom is -0.354 e. The van der Waals surface area contributed by atoms with E-state index in [1.807, 2.05) is 42.6 Å². The lowest BCUT2D eigenvalue weighted by atomic mass is 10.2. The molecule has 1 saturated heterocycles. The molecular formula is C21H22ClN5OS. The van der Waals surface area contributed by atoms with Crippen molar-refractivity contribution in [2.45, 2.75) is 6.54 Å². The molecule has 1 fully saturated rings. The number of carbonyl (C=O) groups is 1. The van der Waals surface area contributed by atoms with E-state index >= 15 is 0 Å². The van der Waals surface area contributed by atoms with Gasteiger partial charge in [0.2, 0.25) is 0 Å². The van der Waals surface area contributed by atoms with Crippen molar-refractivity contribution in [2.75, 3.05) is 38.1 Å². The lowest BCUT2D eigenvalue weighted by Gasteiger charge is -2.33. The van der Waals surface area contributed by atoms with Crippen LogP contribution in [0.15, 0.2) is 48.0 Å². The topological polar surface area (TPSA) is 61.4 Å². The molecule has 150 valence electrons. The van der Waals surface area contributed by atoms with Gasteiger partial charge >= 0.3 is 0 Å². The quantitative estimate of drug-likeness (QED) is 0.674. The third-order valence-electron chi connectivity index (χ3n) is 4.92. The van der Waals surface area contributed by atoms with Gasteiger partial charge in [0.1, 0.15) is 16.5 Å². The molecule has 1 aromatic carbocycles. The van der Waals surface area contributed by atoms with Gasteiger partial charge in [0.25, 0.3) is 5.91 Å². The fourth-order valence-electron chi connectivity index (χ4n) is 3.12. The second-order valence-corrected chi connectivity index (χ2v) is 8.34.